The fourth-order valence-corrected chi connectivity index (χ4v) is 2.62. The first-order chi connectivity index (χ1) is 10.3. The number of aromatic amines is 1. The molecule has 1 N–H and O–H groups in total. The van der Waals surface area contributed by atoms with Crippen LogP contribution in [0.15, 0.2) is 30.5 Å². The van der Waals surface area contributed by atoms with E-state index in [2.05, 4.69) is 23.7 Å². The number of nitrogens with one attached hydrogen (secondary N) is 1. The Balaban J connectivity index is 2.06. The molecule has 2 rings (SSSR count). The molecule has 0 atom stereocenters. The second kappa shape index (κ2) is 7.99. The third kappa shape index (κ3) is 4.18. The number of hydrogen-bond donors (Lipinski definition) is 1. The van der Waals surface area contributed by atoms with Gasteiger partial charge in [-0.1, -0.05) is 44.9 Å². The van der Waals surface area contributed by atoms with E-state index < -0.39 is 0 Å². The molecule has 1 heterocycles. The van der Waals surface area contributed by atoms with E-state index >= 15 is 0 Å². The first-order valence-corrected chi connectivity index (χ1v) is 8.08. The van der Waals surface area contributed by atoms with Gasteiger partial charge in [0.1, 0.15) is 0 Å². The number of H-pyrrole nitrogens is 1. The summed E-state index contributed by atoms with van der Waals surface area (Å²) < 4.78 is 0. The fraction of sp³-hybridized carbons (Fsp3) is 0.500. The summed E-state index contributed by atoms with van der Waals surface area (Å²) in [5.74, 6) is 0.222. The zero-order valence-electron chi connectivity index (χ0n) is 13.2. The van der Waals surface area contributed by atoms with E-state index in [1.165, 1.54) is 12.8 Å². The lowest BCUT2D eigenvalue weighted by atomic mass is 10.1. The summed E-state index contributed by atoms with van der Waals surface area (Å²) >= 11 is 0. The van der Waals surface area contributed by atoms with Gasteiger partial charge in [-0.3, -0.25) is 9.69 Å². The van der Waals surface area contributed by atoms with Crippen molar-refractivity contribution in [2.75, 3.05) is 19.6 Å². The molecule has 0 fully saturated rings. The molecule has 2 aromatic rings. The van der Waals surface area contributed by atoms with Gasteiger partial charge in [0.2, 0.25) is 0 Å². The summed E-state index contributed by atoms with van der Waals surface area (Å²) in [6, 6.07) is 8.00. The highest BCUT2D eigenvalue weighted by Crippen LogP contribution is 2.18. The minimum absolute atomic E-state index is 0.222. The zero-order valence-corrected chi connectivity index (χ0v) is 13.2. The van der Waals surface area contributed by atoms with Gasteiger partial charge in [-0.25, -0.2) is 0 Å². The van der Waals surface area contributed by atoms with Crippen molar-refractivity contribution in [2.24, 2.45) is 0 Å². The Bertz CT molecular complexity index is 565. The molecular weight excluding hydrogens is 260 g/mol. The number of ketones is 1. The van der Waals surface area contributed by atoms with E-state index in [4.69, 9.17) is 0 Å². The van der Waals surface area contributed by atoms with Gasteiger partial charge < -0.3 is 4.98 Å². The molecule has 1 aromatic heterocycles. The Morgan fingerprint density at radius 3 is 2.43 bits per heavy atom. The van der Waals surface area contributed by atoms with Crippen LogP contribution in [0.2, 0.25) is 0 Å². The van der Waals surface area contributed by atoms with Gasteiger partial charge in [0.25, 0.3) is 0 Å². The van der Waals surface area contributed by atoms with Crippen LogP contribution in [0.5, 0.6) is 0 Å². The van der Waals surface area contributed by atoms with Crippen molar-refractivity contribution in [3.05, 3.63) is 36.0 Å². The minimum atomic E-state index is 0.222. The molecule has 0 spiro atoms. The van der Waals surface area contributed by atoms with Crippen molar-refractivity contribution in [1.82, 2.24) is 9.88 Å². The van der Waals surface area contributed by atoms with E-state index in [0.717, 1.165) is 42.4 Å². The Kier molecular flexibility index (Phi) is 6.00. The molecule has 0 aliphatic carbocycles. The molecule has 0 unspecified atom stereocenters. The van der Waals surface area contributed by atoms with Crippen LogP contribution < -0.4 is 0 Å². The van der Waals surface area contributed by atoms with Gasteiger partial charge in [-0.2, -0.15) is 0 Å². The van der Waals surface area contributed by atoms with Crippen molar-refractivity contribution in [1.29, 1.82) is 0 Å². The van der Waals surface area contributed by atoms with Crippen molar-refractivity contribution in [3.8, 4) is 0 Å². The number of Topliss-reactive ketones (excluding diaryl/α,β-unsaturated/α-hetero) is 1. The standard InChI is InChI=1S/C18H26N2O/c1-3-5-11-20(12-6-4-2)14-18(21)16-13-19-17-10-8-7-9-15(16)17/h7-10,13,19H,3-6,11-12,14H2,1-2H3. The van der Waals surface area contributed by atoms with Gasteiger partial charge in [0.05, 0.1) is 6.54 Å². The molecule has 1 aromatic carbocycles. The van der Waals surface area contributed by atoms with Gasteiger partial charge >= 0.3 is 0 Å². The first kappa shape index (κ1) is 15.8. The maximum Gasteiger partial charge on any atom is 0.178 e. The molecular formula is C18H26N2O. The summed E-state index contributed by atoms with van der Waals surface area (Å²) in [4.78, 5) is 18.1. The molecule has 0 aliphatic heterocycles. The average molecular weight is 286 g/mol. The molecule has 114 valence electrons. The van der Waals surface area contributed by atoms with Crippen LogP contribution in [0.3, 0.4) is 0 Å². The number of para-hydroxylation sites is 1. The summed E-state index contributed by atoms with van der Waals surface area (Å²) in [7, 11) is 0. The molecule has 0 amide bonds. The highest BCUT2D eigenvalue weighted by Gasteiger charge is 2.15. The monoisotopic (exact) mass is 286 g/mol. The first-order valence-electron chi connectivity index (χ1n) is 8.08. The number of fused-ring (bicyclic) bond motifs is 1. The van der Waals surface area contributed by atoms with E-state index in [-0.39, 0.29) is 5.78 Å². The van der Waals surface area contributed by atoms with Crippen LogP contribution in [0.1, 0.15) is 49.9 Å². The number of carbonyl (C=O) groups excluding carboxylic acids is 1. The Hall–Kier alpha value is -1.61. The molecule has 3 nitrogen and oxygen atoms in total. The fourth-order valence-electron chi connectivity index (χ4n) is 2.62. The van der Waals surface area contributed by atoms with E-state index in [0.29, 0.717) is 6.54 Å². The molecule has 0 bridgehead atoms. The highest BCUT2D eigenvalue weighted by molar-refractivity contribution is 6.08. The number of nitrogens with zero attached hydrogens (tertiary/aromatic N) is 1. The smallest absolute Gasteiger partial charge is 0.178 e. The van der Waals surface area contributed by atoms with Crippen LogP contribution in [-0.2, 0) is 0 Å². The minimum Gasteiger partial charge on any atom is -0.360 e. The van der Waals surface area contributed by atoms with Crippen molar-refractivity contribution < 1.29 is 4.79 Å². The molecule has 21 heavy (non-hydrogen) atoms. The molecule has 0 saturated heterocycles. The SMILES string of the molecule is CCCCN(CCCC)CC(=O)c1c[nH]c2ccccc12. The predicted octanol–water partition coefficient (Wildman–Crippen LogP) is 4.25. The lowest BCUT2D eigenvalue weighted by Crippen LogP contribution is -2.31. The van der Waals surface area contributed by atoms with Crippen molar-refractivity contribution in [2.45, 2.75) is 39.5 Å². The van der Waals surface area contributed by atoms with Crippen LogP contribution >= 0.6 is 0 Å². The Labute approximate surface area is 127 Å². The summed E-state index contributed by atoms with van der Waals surface area (Å²) in [5, 5.41) is 1.04. The lowest BCUT2D eigenvalue weighted by Gasteiger charge is -2.20. The van der Waals surface area contributed by atoms with E-state index in [1.54, 1.807) is 0 Å². The topological polar surface area (TPSA) is 36.1 Å². The van der Waals surface area contributed by atoms with Crippen LogP contribution in [-0.4, -0.2) is 35.3 Å². The summed E-state index contributed by atoms with van der Waals surface area (Å²) in [6.07, 6.45) is 6.51. The second-order valence-electron chi connectivity index (χ2n) is 5.65. The van der Waals surface area contributed by atoms with Gasteiger partial charge in [-0.15, -0.1) is 0 Å². The number of carbonyl (C=O) groups is 1. The third-order valence-corrected chi connectivity index (χ3v) is 3.91. The maximum atomic E-state index is 12.6. The predicted molar refractivity (Wildman–Crippen MR) is 88.9 cm³/mol. The lowest BCUT2D eigenvalue weighted by molar-refractivity contribution is 0.0930. The highest BCUT2D eigenvalue weighted by atomic mass is 16.1. The maximum absolute atomic E-state index is 12.6. The Morgan fingerprint density at radius 1 is 1.10 bits per heavy atom. The van der Waals surface area contributed by atoms with Crippen molar-refractivity contribution >= 4 is 16.7 Å². The van der Waals surface area contributed by atoms with Gasteiger partial charge in [-0.05, 0) is 32.0 Å². The summed E-state index contributed by atoms with van der Waals surface area (Å²) in [5.41, 5.74) is 1.86. The van der Waals surface area contributed by atoms with Gasteiger partial charge in [0, 0.05) is 22.7 Å². The zero-order chi connectivity index (χ0) is 15.1. The van der Waals surface area contributed by atoms with E-state index in [9.17, 15) is 4.79 Å². The van der Waals surface area contributed by atoms with E-state index in [1.807, 2.05) is 30.5 Å². The van der Waals surface area contributed by atoms with Gasteiger partial charge in [0.15, 0.2) is 5.78 Å². The number of aromatic nitrogens is 1. The van der Waals surface area contributed by atoms with Crippen LogP contribution in [0.4, 0.5) is 0 Å². The number of rotatable bonds is 9. The third-order valence-electron chi connectivity index (χ3n) is 3.91. The van der Waals surface area contributed by atoms with Crippen LogP contribution in [0.25, 0.3) is 10.9 Å². The quantitative estimate of drug-likeness (QED) is 0.699. The summed E-state index contributed by atoms with van der Waals surface area (Å²) in [6.45, 7) is 6.95. The molecule has 0 radical (unpaired) electrons. The van der Waals surface area contributed by atoms with Crippen LogP contribution in [0, 0.1) is 0 Å². The number of unbranched alkanes of at least 4 members (excludes halogenated alkanes) is 2. The number of benzene rings is 1. The van der Waals surface area contributed by atoms with Crippen molar-refractivity contribution in [3.63, 3.8) is 0 Å². The Morgan fingerprint density at radius 2 is 1.76 bits per heavy atom. The average Bonchev–Trinajstić information content (AvgIpc) is 2.94. The molecule has 0 aliphatic rings. The normalized spacial score (nSPS) is 11.4. The molecule has 0 saturated carbocycles. The largest absolute Gasteiger partial charge is 0.360 e. The number of hydrogen-bond acceptors (Lipinski definition) is 2. The molecule has 3 heteroatoms. The second-order valence-corrected chi connectivity index (χ2v) is 5.65.